The van der Waals surface area contributed by atoms with Crippen molar-refractivity contribution in [2.75, 3.05) is 29.9 Å². The number of thiophene rings is 1. The van der Waals surface area contributed by atoms with E-state index in [2.05, 4.69) is 5.32 Å². The lowest BCUT2D eigenvalue weighted by Gasteiger charge is -2.20. The van der Waals surface area contributed by atoms with Crippen LogP contribution in [0.4, 0.5) is 10.7 Å². The van der Waals surface area contributed by atoms with Gasteiger partial charge in [-0.2, -0.15) is 5.26 Å². The van der Waals surface area contributed by atoms with Gasteiger partial charge in [0, 0.05) is 7.05 Å². The normalized spacial score (nSPS) is 10.8. The molecule has 3 rings (SSSR count). The number of esters is 1. The maximum absolute atomic E-state index is 13.2. The summed E-state index contributed by atoms with van der Waals surface area (Å²) >= 11 is 1.17. The third-order valence-electron chi connectivity index (χ3n) is 4.97. The predicted molar refractivity (Wildman–Crippen MR) is 132 cm³/mol. The van der Waals surface area contributed by atoms with Crippen molar-refractivity contribution in [3.8, 4) is 11.8 Å². The smallest absolute Gasteiger partial charge is 0.338 e. The van der Waals surface area contributed by atoms with E-state index in [1.165, 1.54) is 36.6 Å². The van der Waals surface area contributed by atoms with Crippen molar-refractivity contribution >= 4 is 43.9 Å². The summed E-state index contributed by atoms with van der Waals surface area (Å²) in [6.07, 6.45) is 0. The van der Waals surface area contributed by atoms with E-state index in [0.29, 0.717) is 34.2 Å². The molecule has 11 heteroatoms. The molecule has 0 unspecified atom stereocenters. The van der Waals surface area contributed by atoms with Crippen LogP contribution in [0, 0.1) is 18.3 Å². The van der Waals surface area contributed by atoms with Crippen LogP contribution in [0.3, 0.4) is 0 Å². The van der Waals surface area contributed by atoms with Crippen LogP contribution >= 0.6 is 11.3 Å². The molecule has 1 amide bonds. The van der Waals surface area contributed by atoms with Gasteiger partial charge in [-0.25, -0.2) is 13.2 Å². The first-order chi connectivity index (χ1) is 16.7. The summed E-state index contributed by atoms with van der Waals surface area (Å²) < 4.78 is 37.9. The summed E-state index contributed by atoms with van der Waals surface area (Å²) in [5.41, 5.74) is 1.23. The van der Waals surface area contributed by atoms with Gasteiger partial charge in [0.1, 0.15) is 16.8 Å². The molecule has 9 nitrogen and oxygen atoms in total. The molecule has 1 aromatic heterocycles. The first kappa shape index (κ1) is 25.7. The van der Waals surface area contributed by atoms with E-state index >= 15 is 0 Å². The second kappa shape index (κ2) is 11.0. The van der Waals surface area contributed by atoms with E-state index < -0.39 is 28.5 Å². The fourth-order valence-electron chi connectivity index (χ4n) is 3.06. The molecular weight excluding hydrogens is 490 g/mol. The van der Waals surface area contributed by atoms with Crippen molar-refractivity contribution in [2.24, 2.45) is 0 Å². The Balaban J connectivity index is 1.73. The first-order valence-corrected chi connectivity index (χ1v) is 12.8. The SMILES string of the molecule is CCOc1ccc(N(C)S(=O)(=O)c2ccc(C)c(C(=O)OCC(=O)Nc3sccc3C#N)c2)cc1. The van der Waals surface area contributed by atoms with Gasteiger partial charge in [-0.05, 0) is 67.3 Å². The predicted octanol–water partition coefficient (Wildman–Crippen LogP) is 3.95. The second-order valence-corrected chi connectivity index (χ2v) is 10.2. The van der Waals surface area contributed by atoms with Crippen molar-refractivity contribution in [1.29, 1.82) is 5.26 Å². The van der Waals surface area contributed by atoms with Crippen LogP contribution < -0.4 is 14.4 Å². The highest BCUT2D eigenvalue weighted by Gasteiger charge is 2.24. The van der Waals surface area contributed by atoms with Crippen molar-refractivity contribution in [3.05, 3.63) is 70.6 Å². The van der Waals surface area contributed by atoms with Gasteiger partial charge < -0.3 is 14.8 Å². The van der Waals surface area contributed by atoms with Crippen molar-refractivity contribution in [2.45, 2.75) is 18.7 Å². The molecule has 0 aliphatic carbocycles. The van der Waals surface area contributed by atoms with E-state index in [1.54, 1.807) is 42.6 Å². The first-order valence-electron chi connectivity index (χ1n) is 10.4. The maximum Gasteiger partial charge on any atom is 0.338 e. The number of hydrogen-bond acceptors (Lipinski definition) is 8. The Bertz CT molecular complexity index is 1370. The molecule has 0 aliphatic rings. The minimum atomic E-state index is -3.99. The molecule has 0 spiro atoms. The minimum Gasteiger partial charge on any atom is -0.494 e. The quantitative estimate of drug-likeness (QED) is 0.429. The number of aryl methyl sites for hydroxylation is 1. The molecule has 182 valence electrons. The molecule has 0 saturated carbocycles. The zero-order valence-corrected chi connectivity index (χ0v) is 20.9. The lowest BCUT2D eigenvalue weighted by molar-refractivity contribution is -0.119. The van der Waals surface area contributed by atoms with Crippen LogP contribution in [0.25, 0.3) is 0 Å². The molecule has 1 heterocycles. The largest absolute Gasteiger partial charge is 0.494 e. The molecule has 0 atom stereocenters. The maximum atomic E-state index is 13.2. The third-order valence-corrected chi connectivity index (χ3v) is 7.58. The number of nitrogens with one attached hydrogen (secondary N) is 1. The third kappa shape index (κ3) is 5.98. The van der Waals surface area contributed by atoms with Crippen molar-refractivity contribution in [3.63, 3.8) is 0 Å². The zero-order valence-electron chi connectivity index (χ0n) is 19.3. The van der Waals surface area contributed by atoms with Gasteiger partial charge in [0.05, 0.1) is 28.3 Å². The average molecular weight is 514 g/mol. The van der Waals surface area contributed by atoms with Gasteiger partial charge in [-0.15, -0.1) is 11.3 Å². The number of hydrogen-bond donors (Lipinski definition) is 1. The number of anilines is 2. The number of nitriles is 1. The number of benzene rings is 2. The second-order valence-electron chi connectivity index (χ2n) is 7.28. The zero-order chi connectivity index (χ0) is 25.6. The lowest BCUT2D eigenvalue weighted by atomic mass is 10.1. The van der Waals surface area contributed by atoms with Gasteiger partial charge in [-0.1, -0.05) is 6.07 Å². The fraction of sp³-hybridized carbons (Fsp3) is 0.208. The summed E-state index contributed by atoms with van der Waals surface area (Å²) in [7, 11) is -2.58. The molecule has 1 N–H and O–H groups in total. The van der Waals surface area contributed by atoms with Gasteiger partial charge >= 0.3 is 5.97 Å². The van der Waals surface area contributed by atoms with Gasteiger partial charge in [0.15, 0.2) is 6.61 Å². The Labute approximate surface area is 207 Å². The van der Waals surface area contributed by atoms with E-state index in [9.17, 15) is 18.0 Å². The highest BCUT2D eigenvalue weighted by Crippen LogP contribution is 2.26. The molecule has 2 aromatic carbocycles. The number of nitrogens with zero attached hydrogens (tertiary/aromatic N) is 2. The van der Waals surface area contributed by atoms with E-state index in [-0.39, 0.29) is 10.5 Å². The van der Waals surface area contributed by atoms with Crippen LogP contribution in [0.5, 0.6) is 5.75 Å². The van der Waals surface area contributed by atoms with Crippen LogP contribution in [-0.2, 0) is 19.6 Å². The molecule has 0 fully saturated rings. The summed E-state index contributed by atoms with van der Waals surface area (Å²) in [5.74, 6) is -0.839. The lowest BCUT2D eigenvalue weighted by Crippen LogP contribution is -2.27. The van der Waals surface area contributed by atoms with E-state index in [0.717, 1.165) is 4.31 Å². The number of ether oxygens (including phenoxy) is 2. The van der Waals surface area contributed by atoms with Crippen LogP contribution in [0.1, 0.15) is 28.4 Å². The Hall–Kier alpha value is -3.88. The summed E-state index contributed by atoms with van der Waals surface area (Å²) in [6, 6.07) is 14.2. The molecule has 3 aromatic rings. The highest BCUT2D eigenvalue weighted by molar-refractivity contribution is 7.92. The van der Waals surface area contributed by atoms with Crippen LogP contribution in [0.2, 0.25) is 0 Å². The minimum absolute atomic E-state index is 0.0211. The number of carbonyl (C=O) groups is 2. The number of rotatable bonds is 9. The molecule has 35 heavy (non-hydrogen) atoms. The van der Waals surface area contributed by atoms with Gasteiger partial charge in [0.25, 0.3) is 15.9 Å². The Morgan fingerprint density at radius 3 is 2.51 bits per heavy atom. The number of sulfonamides is 1. The van der Waals surface area contributed by atoms with Crippen molar-refractivity contribution < 1.29 is 27.5 Å². The monoisotopic (exact) mass is 513 g/mol. The van der Waals surface area contributed by atoms with Gasteiger partial charge in [0.2, 0.25) is 0 Å². The topological polar surface area (TPSA) is 126 Å². The standard InChI is InChI=1S/C24H23N3O6S2/c1-4-32-19-8-6-18(7-9-19)27(3)35(30,31)20-10-5-16(2)21(13-20)24(29)33-15-22(28)26-23-17(14-25)11-12-34-23/h5-13H,4,15H2,1-3H3,(H,26,28). The number of carbonyl (C=O) groups excluding carboxylic acids is 2. The Morgan fingerprint density at radius 1 is 1.14 bits per heavy atom. The highest BCUT2D eigenvalue weighted by atomic mass is 32.2. The Kier molecular flexibility index (Phi) is 8.11. The van der Waals surface area contributed by atoms with E-state index in [4.69, 9.17) is 14.7 Å². The van der Waals surface area contributed by atoms with E-state index in [1.807, 2.05) is 13.0 Å². The van der Waals surface area contributed by atoms with Crippen LogP contribution in [0.15, 0.2) is 58.8 Å². The molecular formula is C24H23N3O6S2. The van der Waals surface area contributed by atoms with Crippen LogP contribution in [-0.4, -0.2) is 40.6 Å². The molecule has 0 bridgehead atoms. The summed E-state index contributed by atoms with van der Waals surface area (Å²) in [5, 5.41) is 13.5. The van der Waals surface area contributed by atoms with Gasteiger partial charge in [-0.3, -0.25) is 9.10 Å². The Morgan fingerprint density at radius 2 is 1.86 bits per heavy atom. The molecule has 0 aliphatic heterocycles. The molecule has 0 radical (unpaired) electrons. The average Bonchev–Trinajstić information content (AvgIpc) is 3.29. The fourth-order valence-corrected chi connectivity index (χ4v) is 5.04. The summed E-state index contributed by atoms with van der Waals surface area (Å²) in [4.78, 5) is 24.7. The number of amides is 1. The van der Waals surface area contributed by atoms with Crippen molar-refractivity contribution in [1.82, 2.24) is 0 Å². The summed E-state index contributed by atoms with van der Waals surface area (Å²) in [6.45, 7) is 3.38. The molecule has 0 saturated heterocycles.